The number of carboxylic acids is 1. The van der Waals surface area contributed by atoms with Crippen LogP contribution in [0, 0.1) is 0 Å². The van der Waals surface area contributed by atoms with Crippen molar-refractivity contribution in [3.05, 3.63) is 72.9 Å². The molecule has 0 unspecified atom stereocenters. The lowest BCUT2D eigenvalue weighted by atomic mass is 10.2. The van der Waals surface area contributed by atoms with Gasteiger partial charge in [-0.25, -0.2) is 0 Å². The standard InChI is InChI=1S/C26H39N3O3/c1-3-4-5-6-7-8-9-10-11-12-13-14-15-16-17-18-19-20-21-22-24(30)28-26(27)29(2)23-25(31)32/h4-5,7-8,10-11,13-14,16-17,19-20H,3,6,9,12,15,18,21-23H2,1-2H3,(H,31,32)(H2,27,28,30). The number of amides is 1. The molecule has 0 fully saturated rings. The number of guanidine groups is 1. The number of carbonyl (C=O) groups excluding carboxylic acids is 1. The van der Waals surface area contributed by atoms with Gasteiger partial charge in [-0.3, -0.25) is 9.59 Å². The zero-order valence-electron chi connectivity index (χ0n) is 19.5. The molecule has 6 heteroatoms. The lowest BCUT2D eigenvalue weighted by molar-refractivity contribution is -0.137. The molecule has 1 amide bonds. The van der Waals surface area contributed by atoms with E-state index < -0.39 is 5.97 Å². The van der Waals surface area contributed by atoms with Gasteiger partial charge >= 0.3 is 5.97 Å². The number of nitrogens with two attached hydrogens (primary N) is 1. The Kier molecular flexibility index (Phi) is 19.0. The van der Waals surface area contributed by atoms with Crippen molar-refractivity contribution in [2.45, 2.75) is 58.3 Å². The van der Waals surface area contributed by atoms with Crippen LogP contribution in [-0.2, 0) is 9.59 Å². The Balaban J connectivity index is 3.82. The number of rotatable bonds is 16. The van der Waals surface area contributed by atoms with Gasteiger partial charge in [0.05, 0.1) is 0 Å². The summed E-state index contributed by atoms with van der Waals surface area (Å²) < 4.78 is 0. The quantitative estimate of drug-likeness (QED) is 0.192. The molecule has 0 bridgehead atoms. The van der Waals surface area contributed by atoms with Crippen LogP contribution in [0.15, 0.2) is 77.9 Å². The van der Waals surface area contributed by atoms with Crippen LogP contribution in [-0.4, -0.2) is 41.4 Å². The lowest BCUT2D eigenvalue weighted by Crippen LogP contribution is -2.38. The van der Waals surface area contributed by atoms with Gasteiger partial charge in [-0.2, -0.15) is 4.99 Å². The third-order valence-corrected chi connectivity index (χ3v) is 4.12. The second-order valence-electron chi connectivity index (χ2n) is 7.07. The molecular weight excluding hydrogens is 402 g/mol. The summed E-state index contributed by atoms with van der Waals surface area (Å²) in [4.78, 5) is 27.2. The predicted molar refractivity (Wildman–Crippen MR) is 134 cm³/mol. The first-order chi connectivity index (χ1) is 15.5. The van der Waals surface area contributed by atoms with Crippen LogP contribution in [0.25, 0.3) is 0 Å². The number of aliphatic imine (C=N–C) groups is 1. The highest BCUT2D eigenvalue weighted by Crippen LogP contribution is 1.99. The molecule has 176 valence electrons. The summed E-state index contributed by atoms with van der Waals surface area (Å²) in [7, 11) is 1.48. The molecule has 0 aromatic carbocycles. The van der Waals surface area contributed by atoms with Crippen LogP contribution in [0.5, 0.6) is 0 Å². The Morgan fingerprint density at radius 1 is 0.781 bits per heavy atom. The Morgan fingerprint density at radius 2 is 1.19 bits per heavy atom. The topological polar surface area (TPSA) is 96.0 Å². The van der Waals surface area contributed by atoms with E-state index in [9.17, 15) is 9.59 Å². The van der Waals surface area contributed by atoms with Crippen molar-refractivity contribution < 1.29 is 14.7 Å². The number of carboxylic acid groups (broad SMARTS) is 1. The first kappa shape index (κ1) is 28.9. The number of aliphatic carboxylic acids is 1. The van der Waals surface area contributed by atoms with Gasteiger partial charge in [0.15, 0.2) is 5.96 Å². The minimum absolute atomic E-state index is 0.0832. The average Bonchev–Trinajstić information content (AvgIpc) is 2.74. The van der Waals surface area contributed by atoms with Crippen molar-refractivity contribution in [3.63, 3.8) is 0 Å². The first-order valence-electron chi connectivity index (χ1n) is 11.2. The Bertz CT molecular complexity index is 729. The molecule has 0 atom stereocenters. The van der Waals surface area contributed by atoms with E-state index in [0.717, 1.165) is 38.5 Å². The van der Waals surface area contributed by atoms with E-state index in [1.54, 1.807) is 0 Å². The normalized spacial score (nSPS) is 13.1. The van der Waals surface area contributed by atoms with Gasteiger partial charge in [-0.1, -0.05) is 79.8 Å². The first-order valence-corrected chi connectivity index (χ1v) is 11.2. The Morgan fingerprint density at radius 3 is 1.59 bits per heavy atom. The van der Waals surface area contributed by atoms with Crippen molar-refractivity contribution in [3.8, 4) is 0 Å². The average molecular weight is 442 g/mol. The summed E-state index contributed by atoms with van der Waals surface area (Å²) in [5, 5.41) is 8.68. The van der Waals surface area contributed by atoms with E-state index in [4.69, 9.17) is 10.8 Å². The highest BCUT2D eigenvalue weighted by Gasteiger charge is 2.08. The van der Waals surface area contributed by atoms with Gasteiger partial charge in [0.25, 0.3) is 0 Å². The van der Waals surface area contributed by atoms with Crippen LogP contribution in [0.4, 0.5) is 0 Å². The van der Waals surface area contributed by atoms with E-state index >= 15 is 0 Å². The summed E-state index contributed by atoms with van der Waals surface area (Å²) in [6.07, 6.45) is 32.1. The Hall–Kier alpha value is -3.15. The van der Waals surface area contributed by atoms with Crippen molar-refractivity contribution >= 4 is 17.8 Å². The van der Waals surface area contributed by atoms with Crippen LogP contribution >= 0.6 is 0 Å². The monoisotopic (exact) mass is 441 g/mol. The van der Waals surface area contributed by atoms with Gasteiger partial charge in [0, 0.05) is 13.5 Å². The van der Waals surface area contributed by atoms with Crippen molar-refractivity contribution in [2.24, 2.45) is 10.7 Å². The minimum Gasteiger partial charge on any atom is -0.480 e. The second-order valence-corrected chi connectivity index (χ2v) is 7.07. The Labute approximate surface area is 193 Å². The largest absolute Gasteiger partial charge is 0.480 e. The third-order valence-electron chi connectivity index (χ3n) is 4.12. The molecule has 0 spiro atoms. The third kappa shape index (κ3) is 20.1. The lowest BCUT2D eigenvalue weighted by Gasteiger charge is -2.14. The van der Waals surface area contributed by atoms with Gasteiger partial charge in [-0.05, 0) is 44.9 Å². The minimum atomic E-state index is -1.03. The number of likely N-dealkylation sites (N-methyl/N-ethyl adjacent to an activating group) is 1. The number of allylic oxidation sites excluding steroid dienone is 12. The maximum atomic E-state index is 11.7. The van der Waals surface area contributed by atoms with Crippen LogP contribution in [0.1, 0.15) is 58.3 Å². The van der Waals surface area contributed by atoms with Gasteiger partial charge in [0.1, 0.15) is 6.54 Å². The summed E-state index contributed by atoms with van der Waals surface area (Å²) in [5.41, 5.74) is 5.59. The summed E-state index contributed by atoms with van der Waals surface area (Å²) in [6, 6.07) is 0. The van der Waals surface area contributed by atoms with Gasteiger partial charge < -0.3 is 15.7 Å². The molecule has 0 aromatic heterocycles. The summed E-state index contributed by atoms with van der Waals surface area (Å²) >= 11 is 0. The second kappa shape index (κ2) is 21.1. The molecule has 32 heavy (non-hydrogen) atoms. The maximum Gasteiger partial charge on any atom is 0.323 e. The molecule has 6 nitrogen and oxygen atoms in total. The van der Waals surface area contributed by atoms with Crippen molar-refractivity contribution in [2.75, 3.05) is 13.6 Å². The van der Waals surface area contributed by atoms with E-state index in [1.165, 1.54) is 11.9 Å². The van der Waals surface area contributed by atoms with E-state index in [1.807, 2.05) is 12.2 Å². The molecule has 0 aromatic rings. The fraction of sp³-hybridized carbons (Fsp3) is 0.423. The molecule has 0 rings (SSSR count). The van der Waals surface area contributed by atoms with Crippen LogP contribution in [0.2, 0.25) is 0 Å². The van der Waals surface area contributed by atoms with E-state index in [-0.39, 0.29) is 24.8 Å². The van der Waals surface area contributed by atoms with Gasteiger partial charge in [-0.15, -0.1) is 0 Å². The fourth-order valence-electron chi connectivity index (χ4n) is 2.40. The van der Waals surface area contributed by atoms with Crippen LogP contribution in [0.3, 0.4) is 0 Å². The molecule has 0 radical (unpaired) electrons. The maximum absolute atomic E-state index is 11.7. The summed E-state index contributed by atoms with van der Waals surface area (Å²) in [5.74, 6) is -1.48. The molecular formula is C26H39N3O3. The predicted octanol–water partition coefficient (Wildman–Crippen LogP) is 5.32. The van der Waals surface area contributed by atoms with Crippen LogP contribution < -0.4 is 5.73 Å². The number of hydrogen-bond donors (Lipinski definition) is 2. The van der Waals surface area contributed by atoms with Crippen molar-refractivity contribution in [1.29, 1.82) is 0 Å². The fourth-order valence-corrected chi connectivity index (χ4v) is 2.40. The zero-order chi connectivity index (χ0) is 23.9. The van der Waals surface area contributed by atoms with E-state index in [2.05, 4.69) is 72.7 Å². The zero-order valence-corrected chi connectivity index (χ0v) is 19.5. The molecule has 0 aliphatic carbocycles. The molecule has 3 N–H and O–H groups in total. The number of nitrogens with zero attached hydrogens (tertiary/aromatic N) is 2. The smallest absolute Gasteiger partial charge is 0.323 e. The molecule has 0 aliphatic heterocycles. The van der Waals surface area contributed by atoms with Gasteiger partial charge in [0.2, 0.25) is 5.91 Å². The highest BCUT2D eigenvalue weighted by atomic mass is 16.4. The highest BCUT2D eigenvalue weighted by molar-refractivity contribution is 5.93. The summed E-state index contributed by atoms with van der Waals surface area (Å²) in [6.45, 7) is 1.84. The molecule has 0 saturated heterocycles. The van der Waals surface area contributed by atoms with Crippen molar-refractivity contribution in [1.82, 2.24) is 4.90 Å². The van der Waals surface area contributed by atoms with E-state index in [0.29, 0.717) is 6.42 Å². The molecule has 0 aliphatic rings. The molecule has 0 saturated carbocycles. The SMILES string of the molecule is CCC=CCC=CCC=CCC=CCC=CCC=CCCC(=O)N=C(N)N(C)CC(=O)O. The number of hydrogen-bond acceptors (Lipinski definition) is 2. The number of carbonyl (C=O) groups is 2. The molecule has 0 heterocycles.